The molecule has 0 aliphatic carbocycles. The third kappa shape index (κ3) is 12.3. The van der Waals surface area contributed by atoms with Crippen molar-refractivity contribution >= 4 is 52.5 Å². The van der Waals surface area contributed by atoms with E-state index in [4.69, 9.17) is 9.79 Å². The van der Waals surface area contributed by atoms with E-state index in [9.17, 15) is 9.13 Å². The van der Waals surface area contributed by atoms with E-state index in [2.05, 4.69) is 0 Å². The zero-order valence-corrected chi connectivity index (χ0v) is 10.0. The molecule has 0 amide bonds. The summed E-state index contributed by atoms with van der Waals surface area (Å²) in [5.74, 6) is -0.486. The summed E-state index contributed by atoms with van der Waals surface area (Å²) in [5.41, 5.74) is 0. The molecule has 7 heteroatoms. The smallest absolute Gasteiger partial charge is 0.207 e. The topological polar surface area (TPSA) is 74.6 Å². The largest absolute Gasteiger partial charge is 0.344 e. The number of hydrogen-bond acceptors (Lipinski definition) is 2. The molecule has 0 spiro atoms. The summed E-state index contributed by atoms with van der Waals surface area (Å²) in [6.07, 6.45) is 0. The van der Waals surface area contributed by atoms with Crippen LogP contribution in [-0.4, -0.2) is 66.8 Å². The minimum Gasteiger partial charge on any atom is -0.344 e. The fourth-order valence-corrected chi connectivity index (χ4v) is 4.38. The molecule has 0 heterocycles. The van der Waals surface area contributed by atoms with Crippen molar-refractivity contribution in [3.8, 4) is 0 Å². The van der Waals surface area contributed by atoms with Crippen LogP contribution < -0.4 is 0 Å². The predicted octanol–water partition coefficient (Wildman–Crippen LogP) is 0.363. The van der Waals surface area contributed by atoms with E-state index in [-0.39, 0.29) is 37.7 Å². The van der Waals surface area contributed by atoms with Gasteiger partial charge in [-0.2, -0.15) is 0 Å². The zero-order valence-electron chi connectivity index (χ0n) is 6.02. The van der Waals surface area contributed by atoms with Crippen molar-refractivity contribution in [1.82, 2.24) is 0 Å². The van der Waals surface area contributed by atoms with Crippen LogP contribution in [0.15, 0.2) is 0 Å². The van der Waals surface area contributed by atoms with Crippen molar-refractivity contribution in [1.29, 1.82) is 0 Å². The molecule has 4 nitrogen and oxygen atoms in total. The van der Waals surface area contributed by atoms with Gasteiger partial charge in [-0.25, -0.2) is 0 Å². The molecule has 0 saturated carbocycles. The first-order valence-corrected chi connectivity index (χ1v) is 6.88. The third-order valence-corrected chi connectivity index (χ3v) is 4.72. The Morgan fingerprint density at radius 1 is 1.10 bits per heavy atom. The Morgan fingerprint density at radius 3 is 1.30 bits per heavy atom. The van der Waals surface area contributed by atoms with Gasteiger partial charge in [0.25, 0.3) is 0 Å². The van der Waals surface area contributed by atoms with Gasteiger partial charge in [0.05, 0.1) is 0 Å². The summed E-state index contributed by atoms with van der Waals surface area (Å²) in [6, 6.07) is 0. The van der Waals surface area contributed by atoms with Gasteiger partial charge in [0.1, 0.15) is 5.90 Å². The molecule has 0 fully saturated rings. The van der Waals surface area contributed by atoms with Crippen molar-refractivity contribution in [3.05, 3.63) is 0 Å². The van der Waals surface area contributed by atoms with Crippen LogP contribution in [0.4, 0.5) is 0 Å². The van der Waals surface area contributed by atoms with Crippen LogP contribution in [0.1, 0.15) is 0 Å². The Kier molecular flexibility index (Phi) is 6.54. The van der Waals surface area contributed by atoms with Gasteiger partial charge < -0.3 is 9.79 Å². The fraction of sp³-hybridized carbons (Fsp3) is 1.00. The molecule has 0 aromatic heterocycles. The summed E-state index contributed by atoms with van der Waals surface area (Å²) >= 11 is 0. The Labute approximate surface area is 89.9 Å². The summed E-state index contributed by atoms with van der Waals surface area (Å²) in [7, 11) is -6.60. The minimum atomic E-state index is -3.30. The summed E-state index contributed by atoms with van der Waals surface area (Å²) in [6.45, 7) is 2.14. The van der Waals surface area contributed by atoms with Crippen LogP contribution in [0.5, 0.6) is 0 Å². The average Bonchev–Trinajstić information content (AvgIpc) is 1.14. The van der Waals surface area contributed by atoms with Crippen LogP contribution in [0, 0.1) is 0 Å². The zero-order chi connectivity index (χ0) is 7.71. The number of rotatable bonds is 2. The molecule has 2 N–H and O–H groups in total. The molecule has 2 atom stereocenters. The molecule has 2 radical (unpaired) electrons. The quantitative estimate of drug-likeness (QED) is 0.512. The van der Waals surface area contributed by atoms with Crippen molar-refractivity contribution in [2.24, 2.45) is 0 Å². The standard InChI is InChI=1S/C3H10O4P2.Ca/c1-8(4,5)3-9(2,6)7;/h3H2,1-2H3,(H,4,5)(H,6,7);. The first-order valence-electron chi connectivity index (χ1n) is 2.29. The van der Waals surface area contributed by atoms with E-state index >= 15 is 0 Å². The third-order valence-electron chi connectivity index (χ3n) is 0.525. The van der Waals surface area contributed by atoms with Crippen molar-refractivity contribution in [2.75, 3.05) is 19.2 Å². The van der Waals surface area contributed by atoms with Gasteiger partial charge in [-0.3, -0.25) is 9.13 Å². The predicted molar refractivity (Wildman–Crippen MR) is 42.1 cm³/mol. The van der Waals surface area contributed by atoms with Crippen LogP contribution in [-0.2, 0) is 9.13 Å². The maximum Gasteiger partial charge on any atom is 0.207 e. The molecule has 0 rings (SSSR count). The second-order valence-electron chi connectivity index (χ2n) is 2.24. The second-order valence-corrected chi connectivity index (χ2v) is 7.58. The molecule has 0 bridgehead atoms. The molecule has 10 heavy (non-hydrogen) atoms. The van der Waals surface area contributed by atoms with Gasteiger partial charge >= 0.3 is 0 Å². The fourth-order valence-electron chi connectivity index (χ4n) is 0.487. The summed E-state index contributed by atoms with van der Waals surface area (Å²) < 4.78 is 20.9. The maximum atomic E-state index is 10.5. The van der Waals surface area contributed by atoms with E-state index in [0.29, 0.717) is 0 Å². The molecule has 2 unspecified atom stereocenters. The normalized spacial score (nSPS) is 22.0. The maximum absolute atomic E-state index is 10.5. The van der Waals surface area contributed by atoms with Gasteiger partial charge in [-0.15, -0.1) is 0 Å². The summed E-state index contributed by atoms with van der Waals surface area (Å²) in [4.78, 5) is 17.2. The van der Waals surface area contributed by atoms with E-state index in [1.165, 1.54) is 0 Å². The molecule has 0 aliphatic rings. The average molecular weight is 212 g/mol. The van der Waals surface area contributed by atoms with Crippen LogP contribution in [0.2, 0.25) is 0 Å². The Bertz CT molecular complexity index is 159. The monoisotopic (exact) mass is 212 g/mol. The first-order chi connectivity index (χ1) is 3.71. The Balaban J connectivity index is 0. The minimum absolute atomic E-state index is 0. The van der Waals surface area contributed by atoms with Gasteiger partial charge in [0.15, 0.2) is 0 Å². The van der Waals surface area contributed by atoms with Gasteiger partial charge in [-0.05, 0) is 0 Å². The SMILES string of the molecule is CP(=O)(O)CP(C)(=O)O.[Ca]. The van der Waals surface area contributed by atoms with Gasteiger partial charge in [0, 0.05) is 51.1 Å². The Morgan fingerprint density at radius 2 is 1.30 bits per heavy atom. The second kappa shape index (κ2) is 4.61. The van der Waals surface area contributed by atoms with Gasteiger partial charge in [0.2, 0.25) is 14.7 Å². The van der Waals surface area contributed by atoms with Crippen molar-refractivity contribution in [2.45, 2.75) is 0 Å². The van der Waals surface area contributed by atoms with Gasteiger partial charge in [-0.1, -0.05) is 0 Å². The molecule has 0 saturated heterocycles. The van der Waals surface area contributed by atoms with Crippen molar-refractivity contribution in [3.63, 3.8) is 0 Å². The molecule has 0 aliphatic heterocycles. The number of hydrogen-bond donors (Lipinski definition) is 2. The molecular formula is C3H10CaO4P2. The van der Waals surface area contributed by atoms with Crippen LogP contribution in [0.3, 0.4) is 0 Å². The molecular weight excluding hydrogens is 202 g/mol. The van der Waals surface area contributed by atoms with E-state index < -0.39 is 20.6 Å². The van der Waals surface area contributed by atoms with Crippen molar-refractivity contribution < 1.29 is 18.9 Å². The molecule has 0 aromatic rings. The van der Waals surface area contributed by atoms with Crippen LogP contribution >= 0.6 is 14.7 Å². The molecule has 0 aromatic carbocycles. The van der Waals surface area contributed by atoms with Crippen LogP contribution in [0.25, 0.3) is 0 Å². The molecule has 58 valence electrons. The first kappa shape index (κ1) is 14.2. The van der Waals surface area contributed by atoms with E-state index in [1.54, 1.807) is 0 Å². The Hall–Kier alpha value is 1.64. The van der Waals surface area contributed by atoms with E-state index in [1.807, 2.05) is 0 Å². The van der Waals surface area contributed by atoms with E-state index in [0.717, 1.165) is 13.3 Å². The summed E-state index contributed by atoms with van der Waals surface area (Å²) in [5, 5.41) is 0.